The second-order valence-corrected chi connectivity index (χ2v) is 5.07. The number of nitrogens with zero attached hydrogens (tertiary/aromatic N) is 1. The van der Waals surface area contributed by atoms with Crippen molar-refractivity contribution in [2.45, 2.75) is 32.7 Å². The van der Waals surface area contributed by atoms with E-state index in [1.165, 1.54) is 0 Å². The Hall–Kier alpha value is -1.77. The van der Waals surface area contributed by atoms with E-state index < -0.39 is 0 Å². The summed E-state index contributed by atoms with van der Waals surface area (Å²) in [5, 5.41) is 12.5. The zero-order chi connectivity index (χ0) is 15.5. The second-order valence-electron chi connectivity index (χ2n) is 5.07. The highest BCUT2D eigenvalue weighted by molar-refractivity contribution is 5.47. The first kappa shape index (κ1) is 17.3. The minimum atomic E-state index is 0.477. The number of hydrogen-bond acceptors (Lipinski definition) is 5. The summed E-state index contributed by atoms with van der Waals surface area (Å²) in [7, 11) is 0. The summed E-state index contributed by atoms with van der Waals surface area (Å²) in [6.45, 7) is 6.86. The lowest BCUT2D eigenvalue weighted by Crippen LogP contribution is -2.24. The summed E-state index contributed by atoms with van der Waals surface area (Å²) in [5.74, 6) is 1.28. The fourth-order valence-corrected chi connectivity index (χ4v) is 1.73. The van der Waals surface area contributed by atoms with Crippen LogP contribution < -0.4 is 20.5 Å². The molecule has 0 amide bonds. The molecule has 0 fully saturated rings. The number of nitrogens with one attached hydrogen (secondary N) is 1. The summed E-state index contributed by atoms with van der Waals surface area (Å²) in [6.07, 6.45) is 1.70. The molecule has 0 saturated heterocycles. The first-order valence-electron chi connectivity index (χ1n) is 7.40. The number of hydrogen-bond donors (Lipinski definition) is 2. The summed E-state index contributed by atoms with van der Waals surface area (Å²) < 4.78 is 11.2. The molecule has 1 aromatic carbocycles. The Balaban J connectivity index is 2.45. The van der Waals surface area contributed by atoms with Crippen molar-refractivity contribution in [3.8, 4) is 17.6 Å². The Morgan fingerprint density at radius 2 is 2.00 bits per heavy atom. The summed E-state index contributed by atoms with van der Waals surface area (Å²) >= 11 is 0. The van der Waals surface area contributed by atoms with Crippen molar-refractivity contribution in [3.05, 3.63) is 23.8 Å². The minimum Gasteiger partial charge on any atom is -0.493 e. The van der Waals surface area contributed by atoms with Crippen LogP contribution in [-0.2, 0) is 0 Å². The lowest BCUT2D eigenvalue weighted by atomic mass is 10.2. The van der Waals surface area contributed by atoms with E-state index in [-0.39, 0.29) is 0 Å². The van der Waals surface area contributed by atoms with Crippen LogP contribution in [0.1, 0.15) is 32.3 Å². The zero-order valence-electron chi connectivity index (χ0n) is 12.9. The van der Waals surface area contributed by atoms with E-state index in [0.29, 0.717) is 42.9 Å². The SMILES string of the molecule is CC(C)NCCCOc1ccc(OCCCN)cc1C#N. The third-order valence-electron chi connectivity index (χ3n) is 2.82. The van der Waals surface area contributed by atoms with Gasteiger partial charge in [0.1, 0.15) is 17.6 Å². The lowest BCUT2D eigenvalue weighted by molar-refractivity contribution is 0.300. The molecule has 0 saturated carbocycles. The molecule has 5 heteroatoms. The second kappa shape index (κ2) is 10.0. The molecule has 0 bridgehead atoms. The molecule has 0 heterocycles. The van der Waals surface area contributed by atoms with Gasteiger partial charge in [0.25, 0.3) is 0 Å². The van der Waals surface area contributed by atoms with Crippen LogP contribution in [-0.4, -0.2) is 32.3 Å². The van der Waals surface area contributed by atoms with E-state index in [1.54, 1.807) is 12.1 Å². The standard InChI is InChI=1S/C16H25N3O2/c1-13(2)19-8-4-10-21-16-6-5-15(11-14(16)12-18)20-9-3-7-17/h5-6,11,13,19H,3-4,7-10,17H2,1-2H3. The van der Waals surface area contributed by atoms with Gasteiger partial charge in [-0.15, -0.1) is 0 Å². The van der Waals surface area contributed by atoms with Crippen LogP contribution in [0.25, 0.3) is 0 Å². The van der Waals surface area contributed by atoms with E-state index in [9.17, 15) is 5.26 Å². The number of ether oxygens (including phenoxy) is 2. The van der Waals surface area contributed by atoms with Gasteiger partial charge in [0.05, 0.1) is 18.8 Å². The molecule has 0 unspecified atom stereocenters. The monoisotopic (exact) mass is 291 g/mol. The maximum absolute atomic E-state index is 9.17. The number of nitriles is 1. The van der Waals surface area contributed by atoms with Crippen LogP contribution in [0.4, 0.5) is 0 Å². The van der Waals surface area contributed by atoms with Crippen molar-refractivity contribution in [2.75, 3.05) is 26.3 Å². The summed E-state index contributed by atoms with van der Waals surface area (Å²) in [6, 6.07) is 7.93. The van der Waals surface area contributed by atoms with Gasteiger partial charge < -0.3 is 20.5 Å². The van der Waals surface area contributed by atoms with Gasteiger partial charge >= 0.3 is 0 Å². The summed E-state index contributed by atoms with van der Waals surface area (Å²) in [5.41, 5.74) is 5.91. The van der Waals surface area contributed by atoms with Crippen molar-refractivity contribution in [1.82, 2.24) is 5.32 Å². The van der Waals surface area contributed by atoms with Crippen LogP contribution >= 0.6 is 0 Å². The van der Waals surface area contributed by atoms with Gasteiger partial charge in [-0.2, -0.15) is 5.26 Å². The lowest BCUT2D eigenvalue weighted by Gasteiger charge is -2.11. The van der Waals surface area contributed by atoms with Crippen molar-refractivity contribution >= 4 is 0 Å². The van der Waals surface area contributed by atoms with Crippen LogP contribution in [0.15, 0.2) is 18.2 Å². The van der Waals surface area contributed by atoms with Gasteiger partial charge in [0.15, 0.2) is 0 Å². The fourth-order valence-electron chi connectivity index (χ4n) is 1.73. The first-order chi connectivity index (χ1) is 10.2. The molecular formula is C16H25N3O2. The molecule has 0 aromatic heterocycles. The topological polar surface area (TPSA) is 80.3 Å². The third kappa shape index (κ3) is 6.98. The highest BCUT2D eigenvalue weighted by Crippen LogP contribution is 2.23. The predicted octanol–water partition coefficient (Wildman–Crippen LogP) is 2.05. The Morgan fingerprint density at radius 1 is 1.24 bits per heavy atom. The number of rotatable bonds is 10. The van der Waals surface area contributed by atoms with Gasteiger partial charge in [0, 0.05) is 12.1 Å². The molecule has 0 radical (unpaired) electrons. The van der Waals surface area contributed by atoms with E-state index in [4.69, 9.17) is 15.2 Å². The minimum absolute atomic E-state index is 0.477. The molecule has 0 atom stereocenters. The average molecular weight is 291 g/mol. The molecule has 0 aliphatic carbocycles. The van der Waals surface area contributed by atoms with Crippen molar-refractivity contribution in [3.63, 3.8) is 0 Å². The Kier molecular flexibility index (Phi) is 8.25. The fraction of sp³-hybridized carbons (Fsp3) is 0.562. The Labute approximate surface area is 127 Å². The van der Waals surface area contributed by atoms with Gasteiger partial charge in [-0.05, 0) is 38.1 Å². The average Bonchev–Trinajstić information content (AvgIpc) is 2.47. The molecule has 116 valence electrons. The maximum Gasteiger partial charge on any atom is 0.137 e. The molecule has 0 aliphatic rings. The van der Waals surface area contributed by atoms with E-state index in [0.717, 1.165) is 19.4 Å². The number of benzene rings is 1. The molecule has 1 aromatic rings. The molecule has 21 heavy (non-hydrogen) atoms. The molecular weight excluding hydrogens is 266 g/mol. The van der Waals surface area contributed by atoms with Crippen molar-refractivity contribution < 1.29 is 9.47 Å². The van der Waals surface area contributed by atoms with Crippen molar-refractivity contribution in [1.29, 1.82) is 5.26 Å². The van der Waals surface area contributed by atoms with E-state index >= 15 is 0 Å². The van der Waals surface area contributed by atoms with Crippen LogP contribution in [0, 0.1) is 11.3 Å². The highest BCUT2D eigenvalue weighted by Gasteiger charge is 2.05. The van der Waals surface area contributed by atoms with E-state index in [1.807, 2.05) is 6.07 Å². The third-order valence-corrected chi connectivity index (χ3v) is 2.82. The largest absolute Gasteiger partial charge is 0.493 e. The number of nitrogens with two attached hydrogens (primary N) is 1. The predicted molar refractivity (Wildman–Crippen MR) is 83.6 cm³/mol. The zero-order valence-corrected chi connectivity index (χ0v) is 12.9. The Morgan fingerprint density at radius 3 is 2.67 bits per heavy atom. The van der Waals surface area contributed by atoms with E-state index in [2.05, 4.69) is 25.2 Å². The van der Waals surface area contributed by atoms with Crippen LogP contribution in [0.3, 0.4) is 0 Å². The Bertz CT molecular complexity index is 455. The quantitative estimate of drug-likeness (QED) is 0.645. The van der Waals surface area contributed by atoms with Crippen molar-refractivity contribution in [2.24, 2.45) is 5.73 Å². The molecule has 3 N–H and O–H groups in total. The normalized spacial score (nSPS) is 10.4. The maximum atomic E-state index is 9.17. The molecule has 0 aliphatic heterocycles. The van der Waals surface area contributed by atoms with Gasteiger partial charge in [-0.1, -0.05) is 13.8 Å². The van der Waals surface area contributed by atoms with Gasteiger partial charge in [0.2, 0.25) is 0 Å². The van der Waals surface area contributed by atoms with Gasteiger partial charge in [-0.25, -0.2) is 0 Å². The summed E-state index contributed by atoms with van der Waals surface area (Å²) in [4.78, 5) is 0. The van der Waals surface area contributed by atoms with Crippen LogP contribution in [0.5, 0.6) is 11.5 Å². The molecule has 1 rings (SSSR count). The first-order valence-corrected chi connectivity index (χ1v) is 7.40. The van der Waals surface area contributed by atoms with Crippen LogP contribution in [0.2, 0.25) is 0 Å². The molecule has 0 spiro atoms. The smallest absolute Gasteiger partial charge is 0.137 e. The highest BCUT2D eigenvalue weighted by atomic mass is 16.5. The molecule has 5 nitrogen and oxygen atoms in total. The van der Waals surface area contributed by atoms with Gasteiger partial charge in [-0.3, -0.25) is 0 Å².